The number of nitrogens with zero attached hydrogens (tertiary/aromatic N) is 3. The van der Waals surface area contributed by atoms with E-state index in [0.717, 1.165) is 36.7 Å². The van der Waals surface area contributed by atoms with Crippen molar-refractivity contribution in [3.63, 3.8) is 0 Å². The molecule has 0 radical (unpaired) electrons. The van der Waals surface area contributed by atoms with E-state index in [-0.39, 0.29) is 17.8 Å². The third-order valence-electron chi connectivity index (χ3n) is 4.63. The highest BCUT2D eigenvalue weighted by molar-refractivity contribution is 7.15. The predicted molar refractivity (Wildman–Crippen MR) is 97.6 cm³/mol. The number of ether oxygens (including phenoxy) is 1. The van der Waals surface area contributed by atoms with E-state index in [1.165, 1.54) is 24.2 Å². The van der Waals surface area contributed by atoms with Gasteiger partial charge in [-0.1, -0.05) is 33.6 Å². The first kappa shape index (κ1) is 17.6. The van der Waals surface area contributed by atoms with Crippen LogP contribution in [-0.2, 0) is 11.3 Å². The molecule has 1 fully saturated rings. The molecule has 1 aliphatic rings. The van der Waals surface area contributed by atoms with Gasteiger partial charge in [0, 0.05) is 37.3 Å². The van der Waals surface area contributed by atoms with Crippen LogP contribution in [0.3, 0.4) is 0 Å². The maximum absolute atomic E-state index is 12.2. The summed E-state index contributed by atoms with van der Waals surface area (Å²) in [5.41, 5.74) is 0.869. The summed E-state index contributed by atoms with van der Waals surface area (Å²) in [6.45, 7) is 9.20. The van der Waals surface area contributed by atoms with Crippen LogP contribution in [0.25, 0.3) is 4.96 Å². The van der Waals surface area contributed by atoms with Crippen LogP contribution in [0.4, 0.5) is 0 Å². The van der Waals surface area contributed by atoms with Crippen LogP contribution >= 0.6 is 11.3 Å². The van der Waals surface area contributed by atoms with Gasteiger partial charge in [0.25, 0.3) is 5.56 Å². The number of morpholine rings is 1. The van der Waals surface area contributed by atoms with Gasteiger partial charge in [0.15, 0.2) is 4.96 Å². The van der Waals surface area contributed by atoms with E-state index in [1.54, 1.807) is 16.7 Å². The molecule has 2 aromatic rings. The lowest BCUT2D eigenvalue weighted by Gasteiger charge is -2.39. The molecule has 1 saturated heterocycles. The van der Waals surface area contributed by atoms with Crippen molar-refractivity contribution in [1.82, 2.24) is 14.3 Å². The van der Waals surface area contributed by atoms with Gasteiger partial charge >= 0.3 is 0 Å². The van der Waals surface area contributed by atoms with Crippen LogP contribution in [-0.4, -0.2) is 39.6 Å². The molecule has 5 nitrogen and oxygen atoms in total. The van der Waals surface area contributed by atoms with Crippen molar-refractivity contribution < 1.29 is 4.74 Å². The second kappa shape index (κ2) is 7.76. The first-order valence-corrected chi connectivity index (χ1v) is 9.78. The summed E-state index contributed by atoms with van der Waals surface area (Å²) in [7, 11) is 0. The summed E-state index contributed by atoms with van der Waals surface area (Å²) in [5.74, 6) is 0.496. The average molecular weight is 350 g/mol. The SMILES string of the molecule is CCCC[C@@H]1CN(Cc2cc(=O)n3ccsc3n2)C[C@H](C(C)C)O1. The molecule has 0 unspecified atom stereocenters. The zero-order chi connectivity index (χ0) is 17.1. The number of aromatic nitrogens is 2. The highest BCUT2D eigenvalue weighted by Crippen LogP contribution is 2.22. The Morgan fingerprint density at radius 2 is 2.25 bits per heavy atom. The van der Waals surface area contributed by atoms with Crippen molar-refractivity contribution in [3.8, 4) is 0 Å². The minimum atomic E-state index is 0.00690. The van der Waals surface area contributed by atoms with Gasteiger partial charge in [-0.05, 0) is 12.3 Å². The van der Waals surface area contributed by atoms with E-state index in [0.29, 0.717) is 5.92 Å². The summed E-state index contributed by atoms with van der Waals surface area (Å²) in [6.07, 6.45) is 5.83. The highest BCUT2D eigenvalue weighted by Gasteiger charge is 2.29. The minimum absolute atomic E-state index is 0.00690. The summed E-state index contributed by atoms with van der Waals surface area (Å²) in [4.78, 5) is 20.0. The summed E-state index contributed by atoms with van der Waals surface area (Å²) in [6, 6.07) is 1.67. The average Bonchev–Trinajstić information content (AvgIpc) is 3.01. The smallest absolute Gasteiger partial charge is 0.258 e. The third kappa shape index (κ3) is 4.05. The Balaban J connectivity index is 1.74. The number of rotatable bonds is 6. The molecule has 0 aliphatic carbocycles. The first-order valence-electron chi connectivity index (χ1n) is 8.90. The Kier molecular flexibility index (Phi) is 5.69. The molecular weight excluding hydrogens is 322 g/mol. The molecule has 2 aromatic heterocycles. The van der Waals surface area contributed by atoms with E-state index >= 15 is 0 Å². The Labute approximate surface area is 147 Å². The number of unbranched alkanes of at least 4 members (excludes halogenated alkanes) is 1. The fourth-order valence-corrected chi connectivity index (χ4v) is 3.98. The third-order valence-corrected chi connectivity index (χ3v) is 5.39. The van der Waals surface area contributed by atoms with Gasteiger partial charge in [0.05, 0.1) is 17.9 Å². The van der Waals surface area contributed by atoms with Crippen LogP contribution in [0.2, 0.25) is 0 Å². The molecule has 3 heterocycles. The fraction of sp³-hybridized carbons (Fsp3) is 0.667. The largest absolute Gasteiger partial charge is 0.372 e. The lowest BCUT2D eigenvalue weighted by molar-refractivity contribution is -0.108. The normalized spacial score (nSPS) is 22.5. The minimum Gasteiger partial charge on any atom is -0.372 e. The van der Waals surface area contributed by atoms with Crippen LogP contribution in [0.1, 0.15) is 45.7 Å². The van der Waals surface area contributed by atoms with Gasteiger partial charge in [-0.2, -0.15) is 0 Å². The van der Waals surface area contributed by atoms with Crippen molar-refractivity contribution in [2.45, 2.75) is 58.8 Å². The van der Waals surface area contributed by atoms with Crippen molar-refractivity contribution in [2.24, 2.45) is 5.92 Å². The quantitative estimate of drug-likeness (QED) is 0.804. The zero-order valence-electron chi connectivity index (χ0n) is 14.8. The first-order chi connectivity index (χ1) is 11.6. The monoisotopic (exact) mass is 349 g/mol. The van der Waals surface area contributed by atoms with E-state index in [1.807, 2.05) is 5.38 Å². The number of thiazole rings is 1. The molecule has 6 heteroatoms. The number of hydrogen-bond acceptors (Lipinski definition) is 5. The van der Waals surface area contributed by atoms with E-state index in [4.69, 9.17) is 4.74 Å². The van der Waals surface area contributed by atoms with Crippen LogP contribution in [0, 0.1) is 5.92 Å². The Morgan fingerprint density at radius 3 is 3.00 bits per heavy atom. The van der Waals surface area contributed by atoms with Crippen molar-refractivity contribution in [3.05, 3.63) is 33.7 Å². The van der Waals surface area contributed by atoms with E-state index in [2.05, 4.69) is 30.7 Å². The Morgan fingerprint density at radius 1 is 1.42 bits per heavy atom. The van der Waals surface area contributed by atoms with E-state index < -0.39 is 0 Å². The van der Waals surface area contributed by atoms with Crippen LogP contribution in [0.5, 0.6) is 0 Å². The molecule has 24 heavy (non-hydrogen) atoms. The van der Waals surface area contributed by atoms with Gasteiger partial charge < -0.3 is 4.74 Å². The van der Waals surface area contributed by atoms with E-state index in [9.17, 15) is 4.79 Å². The fourth-order valence-electron chi connectivity index (χ4n) is 3.24. The number of hydrogen-bond donors (Lipinski definition) is 0. The lowest BCUT2D eigenvalue weighted by atomic mass is 10.0. The van der Waals surface area contributed by atoms with Crippen LogP contribution in [0.15, 0.2) is 22.4 Å². The molecule has 132 valence electrons. The Hall–Kier alpha value is -1.24. The van der Waals surface area contributed by atoms with Gasteiger partial charge in [0.1, 0.15) is 0 Å². The molecule has 0 aromatic carbocycles. The topological polar surface area (TPSA) is 46.8 Å². The molecule has 0 amide bonds. The van der Waals surface area contributed by atoms with Gasteiger partial charge in [-0.15, -0.1) is 11.3 Å². The Bertz CT molecular complexity index is 724. The second-order valence-corrected chi connectivity index (χ2v) is 7.89. The van der Waals surface area contributed by atoms with Crippen molar-refractivity contribution in [2.75, 3.05) is 13.1 Å². The zero-order valence-corrected chi connectivity index (χ0v) is 15.6. The summed E-state index contributed by atoms with van der Waals surface area (Å²) < 4.78 is 7.88. The maximum atomic E-state index is 12.2. The molecule has 1 aliphatic heterocycles. The standard InChI is InChI=1S/C18H27N3O2S/c1-4-5-6-15-11-20(12-16(23-15)13(2)3)10-14-9-17(22)21-7-8-24-18(21)19-14/h7-9,13,15-16H,4-6,10-12H2,1-3H3/t15-,16-/m1/s1. The highest BCUT2D eigenvalue weighted by atomic mass is 32.1. The van der Waals surface area contributed by atoms with Crippen LogP contribution < -0.4 is 5.56 Å². The lowest BCUT2D eigenvalue weighted by Crippen LogP contribution is -2.49. The molecule has 0 bridgehead atoms. The van der Waals surface area contributed by atoms with Gasteiger partial charge in [-0.3, -0.25) is 14.1 Å². The molecule has 0 saturated carbocycles. The molecule has 3 rings (SSSR count). The summed E-state index contributed by atoms with van der Waals surface area (Å²) in [5, 5.41) is 1.90. The number of fused-ring (bicyclic) bond motifs is 1. The predicted octanol–water partition coefficient (Wildman–Crippen LogP) is 3.17. The van der Waals surface area contributed by atoms with Crippen molar-refractivity contribution >= 4 is 16.3 Å². The molecule has 0 N–H and O–H groups in total. The maximum Gasteiger partial charge on any atom is 0.258 e. The summed E-state index contributed by atoms with van der Waals surface area (Å²) >= 11 is 1.50. The van der Waals surface area contributed by atoms with Crippen molar-refractivity contribution in [1.29, 1.82) is 0 Å². The molecule has 0 spiro atoms. The van der Waals surface area contributed by atoms with Gasteiger partial charge in [-0.25, -0.2) is 4.98 Å². The molecule has 2 atom stereocenters. The second-order valence-electron chi connectivity index (χ2n) is 7.02. The molecular formula is C18H27N3O2S. The van der Waals surface area contributed by atoms with Gasteiger partial charge in [0.2, 0.25) is 0 Å².